The highest BCUT2D eigenvalue weighted by atomic mass is 16.5. The molecule has 1 saturated heterocycles. The summed E-state index contributed by atoms with van der Waals surface area (Å²) in [4.78, 5) is 16.9. The van der Waals surface area contributed by atoms with E-state index in [1.807, 2.05) is 0 Å². The van der Waals surface area contributed by atoms with Crippen LogP contribution in [-0.4, -0.2) is 44.7 Å². The Kier molecular flexibility index (Phi) is 3.42. The SMILES string of the molecule is CC(C)N1CCCC1Cc1noc(C(=O)O)n1. The van der Waals surface area contributed by atoms with Crippen molar-refractivity contribution in [3.05, 3.63) is 11.7 Å². The lowest BCUT2D eigenvalue weighted by atomic mass is 10.1. The molecular formula is C11H17N3O3. The minimum atomic E-state index is -1.17. The summed E-state index contributed by atoms with van der Waals surface area (Å²) in [5, 5.41) is 12.4. The topological polar surface area (TPSA) is 79.5 Å². The van der Waals surface area contributed by atoms with Crippen LogP contribution >= 0.6 is 0 Å². The molecule has 2 heterocycles. The van der Waals surface area contributed by atoms with Crippen LogP contribution in [0.1, 0.15) is 43.2 Å². The fraction of sp³-hybridized carbons (Fsp3) is 0.727. The molecule has 94 valence electrons. The molecule has 1 aromatic heterocycles. The Balaban J connectivity index is 2.02. The van der Waals surface area contributed by atoms with Crippen LogP contribution in [0.4, 0.5) is 0 Å². The molecule has 0 radical (unpaired) electrons. The van der Waals surface area contributed by atoms with E-state index >= 15 is 0 Å². The minimum absolute atomic E-state index is 0.325. The molecule has 0 spiro atoms. The van der Waals surface area contributed by atoms with Gasteiger partial charge in [-0.25, -0.2) is 4.79 Å². The van der Waals surface area contributed by atoms with Crippen LogP contribution < -0.4 is 0 Å². The maximum Gasteiger partial charge on any atom is 0.394 e. The Hall–Kier alpha value is -1.43. The molecule has 6 nitrogen and oxygen atoms in total. The van der Waals surface area contributed by atoms with Gasteiger partial charge in [-0.15, -0.1) is 0 Å². The van der Waals surface area contributed by atoms with Crippen molar-refractivity contribution < 1.29 is 14.4 Å². The zero-order valence-electron chi connectivity index (χ0n) is 10.1. The van der Waals surface area contributed by atoms with Gasteiger partial charge in [0.1, 0.15) is 0 Å². The third kappa shape index (κ3) is 2.63. The summed E-state index contributed by atoms with van der Waals surface area (Å²) in [7, 11) is 0. The monoisotopic (exact) mass is 239 g/mol. The molecule has 0 bridgehead atoms. The Morgan fingerprint density at radius 1 is 1.65 bits per heavy atom. The highest BCUT2D eigenvalue weighted by Crippen LogP contribution is 2.22. The maximum absolute atomic E-state index is 10.6. The summed E-state index contributed by atoms with van der Waals surface area (Å²) in [5.41, 5.74) is 0. The second-order valence-corrected chi connectivity index (χ2v) is 4.65. The van der Waals surface area contributed by atoms with Crippen molar-refractivity contribution in [2.45, 2.75) is 45.2 Å². The number of aromatic nitrogens is 2. The van der Waals surface area contributed by atoms with Crippen LogP contribution in [0.2, 0.25) is 0 Å². The average Bonchev–Trinajstić information content (AvgIpc) is 2.86. The number of carbonyl (C=O) groups is 1. The third-order valence-electron chi connectivity index (χ3n) is 3.16. The molecule has 1 N–H and O–H groups in total. The van der Waals surface area contributed by atoms with Crippen molar-refractivity contribution in [3.63, 3.8) is 0 Å². The van der Waals surface area contributed by atoms with E-state index in [4.69, 9.17) is 5.11 Å². The van der Waals surface area contributed by atoms with Gasteiger partial charge >= 0.3 is 11.9 Å². The molecule has 2 rings (SSSR count). The van der Waals surface area contributed by atoms with Gasteiger partial charge < -0.3 is 9.63 Å². The molecular weight excluding hydrogens is 222 g/mol. The summed E-state index contributed by atoms with van der Waals surface area (Å²) >= 11 is 0. The van der Waals surface area contributed by atoms with Gasteiger partial charge in [-0.1, -0.05) is 5.16 Å². The van der Waals surface area contributed by atoms with Gasteiger partial charge in [-0.2, -0.15) is 4.98 Å². The lowest BCUT2D eigenvalue weighted by Crippen LogP contribution is -2.36. The molecule has 1 aliphatic rings. The number of nitrogens with zero attached hydrogens (tertiary/aromatic N) is 3. The second kappa shape index (κ2) is 4.83. The molecule has 1 unspecified atom stereocenters. The van der Waals surface area contributed by atoms with E-state index in [-0.39, 0.29) is 5.89 Å². The summed E-state index contributed by atoms with van der Waals surface area (Å²) in [5.74, 6) is -1.01. The zero-order chi connectivity index (χ0) is 12.4. The van der Waals surface area contributed by atoms with Crippen molar-refractivity contribution in [2.24, 2.45) is 0 Å². The number of hydrogen-bond acceptors (Lipinski definition) is 5. The molecule has 0 saturated carbocycles. The Labute approximate surface area is 99.6 Å². The van der Waals surface area contributed by atoms with Crippen LogP contribution in [0.5, 0.6) is 0 Å². The molecule has 1 fully saturated rings. The number of aromatic carboxylic acids is 1. The largest absolute Gasteiger partial charge is 0.474 e. The van der Waals surface area contributed by atoms with E-state index in [1.54, 1.807) is 0 Å². The molecule has 1 aliphatic heterocycles. The van der Waals surface area contributed by atoms with Crippen LogP contribution in [-0.2, 0) is 6.42 Å². The van der Waals surface area contributed by atoms with Gasteiger partial charge in [0, 0.05) is 18.5 Å². The molecule has 0 aromatic carbocycles. The lowest BCUT2D eigenvalue weighted by Gasteiger charge is -2.27. The van der Waals surface area contributed by atoms with Crippen LogP contribution in [0.15, 0.2) is 4.52 Å². The zero-order valence-corrected chi connectivity index (χ0v) is 10.1. The Morgan fingerprint density at radius 3 is 3.00 bits per heavy atom. The third-order valence-corrected chi connectivity index (χ3v) is 3.16. The maximum atomic E-state index is 10.6. The number of likely N-dealkylation sites (tertiary alicyclic amines) is 1. The first kappa shape index (κ1) is 12.0. The van der Waals surface area contributed by atoms with Crippen molar-refractivity contribution in [1.82, 2.24) is 15.0 Å². The molecule has 1 atom stereocenters. The summed E-state index contributed by atoms with van der Waals surface area (Å²) in [6.45, 7) is 5.42. The highest BCUT2D eigenvalue weighted by Gasteiger charge is 2.28. The van der Waals surface area contributed by atoms with Gasteiger partial charge in [0.25, 0.3) is 0 Å². The van der Waals surface area contributed by atoms with Crippen LogP contribution in [0.3, 0.4) is 0 Å². The first-order valence-corrected chi connectivity index (χ1v) is 5.89. The first-order valence-electron chi connectivity index (χ1n) is 5.89. The van der Waals surface area contributed by atoms with E-state index in [0.29, 0.717) is 24.3 Å². The van der Waals surface area contributed by atoms with E-state index in [2.05, 4.69) is 33.4 Å². The fourth-order valence-electron chi connectivity index (χ4n) is 2.39. The van der Waals surface area contributed by atoms with Gasteiger partial charge in [-0.3, -0.25) is 4.90 Å². The number of hydrogen-bond donors (Lipinski definition) is 1. The predicted molar refractivity (Wildman–Crippen MR) is 59.8 cm³/mol. The van der Waals surface area contributed by atoms with E-state index in [0.717, 1.165) is 13.0 Å². The first-order chi connectivity index (χ1) is 8.08. The Morgan fingerprint density at radius 2 is 2.41 bits per heavy atom. The standard InChI is InChI=1S/C11H17N3O3/c1-7(2)14-5-3-4-8(14)6-9-12-10(11(15)16)17-13-9/h7-8H,3-6H2,1-2H3,(H,15,16). The molecule has 0 aliphatic carbocycles. The second-order valence-electron chi connectivity index (χ2n) is 4.65. The van der Waals surface area contributed by atoms with Gasteiger partial charge in [-0.05, 0) is 33.2 Å². The quantitative estimate of drug-likeness (QED) is 0.850. The summed E-state index contributed by atoms with van der Waals surface area (Å²) in [6.07, 6.45) is 2.94. The van der Waals surface area contributed by atoms with E-state index < -0.39 is 5.97 Å². The van der Waals surface area contributed by atoms with Crippen molar-refractivity contribution in [2.75, 3.05) is 6.54 Å². The summed E-state index contributed by atoms with van der Waals surface area (Å²) < 4.78 is 4.65. The van der Waals surface area contributed by atoms with Gasteiger partial charge in [0.05, 0.1) is 0 Å². The number of carboxylic acid groups (broad SMARTS) is 1. The molecule has 17 heavy (non-hydrogen) atoms. The number of carboxylic acids is 1. The predicted octanol–water partition coefficient (Wildman–Crippen LogP) is 1.18. The van der Waals surface area contributed by atoms with Crippen LogP contribution in [0, 0.1) is 0 Å². The van der Waals surface area contributed by atoms with Crippen molar-refractivity contribution in [3.8, 4) is 0 Å². The molecule has 0 amide bonds. The van der Waals surface area contributed by atoms with Gasteiger partial charge in [0.15, 0.2) is 5.82 Å². The molecule has 1 aromatic rings. The van der Waals surface area contributed by atoms with Gasteiger partial charge in [0.2, 0.25) is 0 Å². The van der Waals surface area contributed by atoms with E-state index in [1.165, 1.54) is 6.42 Å². The normalized spacial score (nSPS) is 21.2. The average molecular weight is 239 g/mol. The molecule has 6 heteroatoms. The fourth-order valence-corrected chi connectivity index (χ4v) is 2.39. The van der Waals surface area contributed by atoms with E-state index in [9.17, 15) is 4.79 Å². The highest BCUT2D eigenvalue weighted by molar-refractivity contribution is 5.81. The van der Waals surface area contributed by atoms with Crippen molar-refractivity contribution >= 4 is 5.97 Å². The smallest absolute Gasteiger partial charge is 0.394 e. The van der Waals surface area contributed by atoms with Crippen LogP contribution in [0.25, 0.3) is 0 Å². The summed E-state index contributed by atoms with van der Waals surface area (Å²) in [6, 6.07) is 0.891. The lowest BCUT2D eigenvalue weighted by molar-refractivity contribution is 0.0643. The van der Waals surface area contributed by atoms with Crippen molar-refractivity contribution in [1.29, 1.82) is 0 Å². The number of rotatable bonds is 4. The Bertz CT molecular complexity index is 402. The minimum Gasteiger partial charge on any atom is -0.474 e.